The smallest absolute Gasteiger partial charge is 0.328 e. The predicted octanol–water partition coefficient (Wildman–Crippen LogP) is 2.34. The summed E-state index contributed by atoms with van der Waals surface area (Å²) in [5, 5.41) is 10.7. The molecule has 7 heteroatoms. The van der Waals surface area contributed by atoms with Crippen molar-refractivity contribution >= 4 is 39.9 Å². The van der Waals surface area contributed by atoms with Crippen molar-refractivity contribution in [1.82, 2.24) is 0 Å². The predicted molar refractivity (Wildman–Crippen MR) is 78.2 cm³/mol. The number of hydrogen-bond acceptors (Lipinski definition) is 5. The Bertz CT molecular complexity index is 520. The Balaban J connectivity index is 2.31. The van der Waals surface area contributed by atoms with Gasteiger partial charge in [-0.2, -0.15) is 0 Å². The average Bonchev–Trinajstić information content (AvgIpc) is 2.86. The van der Waals surface area contributed by atoms with Gasteiger partial charge in [0.1, 0.15) is 6.04 Å². The van der Waals surface area contributed by atoms with Crippen molar-refractivity contribution in [3.63, 3.8) is 0 Å². The van der Waals surface area contributed by atoms with Gasteiger partial charge in [-0.15, -0.1) is 0 Å². The molecule has 1 heterocycles. The van der Waals surface area contributed by atoms with Crippen LogP contribution in [0.15, 0.2) is 18.2 Å². The summed E-state index contributed by atoms with van der Waals surface area (Å²) in [4.78, 5) is 24.0. The van der Waals surface area contributed by atoms with Crippen molar-refractivity contribution in [2.24, 2.45) is 0 Å². The van der Waals surface area contributed by atoms with Gasteiger partial charge >= 0.3 is 5.97 Å². The molecule has 0 radical (unpaired) electrons. The first-order chi connectivity index (χ1) is 9.04. The molecule has 2 rings (SSSR count). The number of nitro benzene ring substituents is 1. The van der Waals surface area contributed by atoms with Crippen LogP contribution in [-0.2, 0) is 9.53 Å². The molecule has 0 saturated carbocycles. The first-order valence-corrected chi connectivity index (χ1v) is 6.91. The maximum atomic E-state index is 11.7. The van der Waals surface area contributed by atoms with Gasteiger partial charge in [0.25, 0.3) is 5.69 Å². The van der Waals surface area contributed by atoms with E-state index in [1.54, 1.807) is 6.07 Å². The number of halogens is 1. The van der Waals surface area contributed by atoms with Gasteiger partial charge in [0, 0.05) is 22.2 Å². The number of carbonyl (C=O) groups excluding carboxylic acids is 1. The number of benzene rings is 1. The molecular formula is C12H13IN2O4. The van der Waals surface area contributed by atoms with Crippen LogP contribution in [0.4, 0.5) is 11.4 Å². The van der Waals surface area contributed by atoms with E-state index in [9.17, 15) is 14.9 Å². The van der Waals surface area contributed by atoms with Crippen LogP contribution >= 0.6 is 22.6 Å². The number of ether oxygens (including phenoxy) is 1. The minimum absolute atomic E-state index is 0.0574. The summed E-state index contributed by atoms with van der Waals surface area (Å²) in [6, 6.07) is 4.38. The van der Waals surface area contributed by atoms with Crippen molar-refractivity contribution in [3.05, 3.63) is 31.9 Å². The highest BCUT2D eigenvalue weighted by Gasteiger charge is 2.32. The number of non-ortho nitro benzene ring substituents is 1. The fourth-order valence-corrected chi connectivity index (χ4v) is 3.09. The molecule has 1 aliphatic rings. The molecule has 1 aliphatic heterocycles. The highest BCUT2D eigenvalue weighted by molar-refractivity contribution is 14.1. The normalized spacial score (nSPS) is 18.4. The summed E-state index contributed by atoms with van der Waals surface area (Å²) in [5.41, 5.74) is 0.904. The second-order valence-corrected chi connectivity index (χ2v) is 5.43. The van der Waals surface area contributed by atoms with Crippen molar-refractivity contribution < 1.29 is 14.5 Å². The summed E-state index contributed by atoms with van der Waals surface area (Å²) in [5.74, 6) is -0.258. The standard InChI is InChI=1S/C12H13IN2O4/c1-19-12(16)11-3-2-6-14(11)10-5-4-8(15(17)18)7-9(10)13/h4-5,7,11H,2-3,6H2,1H3. The van der Waals surface area contributed by atoms with E-state index in [0.29, 0.717) is 0 Å². The van der Waals surface area contributed by atoms with Gasteiger partial charge in [-0.25, -0.2) is 4.79 Å². The summed E-state index contributed by atoms with van der Waals surface area (Å²) in [6.45, 7) is 0.758. The lowest BCUT2D eigenvalue weighted by Crippen LogP contribution is -2.37. The molecule has 1 fully saturated rings. The van der Waals surface area contributed by atoms with E-state index >= 15 is 0 Å². The van der Waals surface area contributed by atoms with Crippen molar-refractivity contribution in [1.29, 1.82) is 0 Å². The molecule has 6 nitrogen and oxygen atoms in total. The van der Waals surface area contributed by atoms with Gasteiger partial charge in [0.05, 0.1) is 17.7 Å². The van der Waals surface area contributed by atoms with E-state index in [0.717, 1.165) is 28.6 Å². The topological polar surface area (TPSA) is 72.7 Å². The fourth-order valence-electron chi connectivity index (χ4n) is 2.28. The van der Waals surface area contributed by atoms with Crippen LogP contribution in [-0.4, -0.2) is 30.6 Å². The van der Waals surface area contributed by atoms with E-state index in [1.165, 1.54) is 19.2 Å². The molecule has 1 aromatic rings. The van der Waals surface area contributed by atoms with Gasteiger partial charge in [0.2, 0.25) is 0 Å². The molecule has 0 aliphatic carbocycles. The van der Waals surface area contributed by atoms with E-state index in [-0.39, 0.29) is 17.7 Å². The average molecular weight is 376 g/mol. The van der Waals surface area contributed by atoms with Crippen molar-refractivity contribution in [2.75, 3.05) is 18.6 Å². The molecule has 0 aromatic heterocycles. The van der Waals surface area contributed by atoms with Gasteiger partial charge in [-0.3, -0.25) is 10.1 Å². The third-order valence-electron chi connectivity index (χ3n) is 3.18. The molecule has 1 unspecified atom stereocenters. The second-order valence-electron chi connectivity index (χ2n) is 4.27. The number of esters is 1. The number of anilines is 1. The largest absolute Gasteiger partial charge is 0.467 e. The Hall–Kier alpha value is -1.38. The summed E-state index contributed by atoms with van der Waals surface area (Å²) in [7, 11) is 1.37. The van der Waals surface area contributed by atoms with Crippen LogP contribution in [0.25, 0.3) is 0 Å². The molecule has 0 N–H and O–H groups in total. The number of nitrogens with zero attached hydrogens (tertiary/aromatic N) is 2. The molecule has 0 spiro atoms. The lowest BCUT2D eigenvalue weighted by atomic mass is 10.2. The SMILES string of the molecule is COC(=O)C1CCCN1c1ccc([N+](=O)[O-])cc1I. The number of carbonyl (C=O) groups is 1. The lowest BCUT2D eigenvalue weighted by molar-refractivity contribution is -0.384. The lowest BCUT2D eigenvalue weighted by Gasteiger charge is -2.25. The zero-order chi connectivity index (χ0) is 14.0. The first kappa shape index (κ1) is 14.0. The van der Waals surface area contributed by atoms with E-state index < -0.39 is 4.92 Å². The Kier molecular flexibility index (Phi) is 4.23. The molecule has 1 saturated heterocycles. The Morgan fingerprint density at radius 3 is 2.89 bits per heavy atom. The van der Waals surface area contributed by atoms with Crippen molar-refractivity contribution in [3.8, 4) is 0 Å². The fraction of sp³-hybridized carbons (Fsp3) is 0.417. The van der Waals surface area contributed by atoms with Gasteiger partial charge < -0.3 is 9.64 Å². The van der Waals surface area contributed by atoms with E-state index in [4.69, 9.17) is 4.74 Å². The zero-order valence-corrected chi connectivity index (χ0v) is 12.5. The van der Waals surface area contributed by atoms with Crippen LogP contribution in [0, 0.1) is 13.7 Å². The van der Waals surface area contributed by atoms with Crippen LogP contribution < -0.4 is 4.90 Å². The second kappa shape index (κ2) is 5.72. The number of nitro groups is 1. The van der Waals surface area contributed by atoms with Crippen LogP contribution in [0.3, 0.4) is 0 Å². The van der Waals surface area contributed by atoms with Crippen LogP contribution in [0.2, 0.25) is 0 Å². The van der Waals surface area contributed by atoms with Gasteiger partial charge in [-0.1, -0.05) is 0 Å². The van der Waals surface area contributed by atoms with Crippen molar-refractivity contribution in [2.45, 2.75) is 18.9 Å². The van der Waals surface area contributed by atoms with Gasteiger partial charge in [-0.05, 0) is 41.5 Å². The molecule has 0 bridgehead atoms. The van der Waals surface area contributed by atoms with Gasteiger partial charge in [0.15, 0.2) is 0 Å². The third kappa shape index (κ3) is 2.80. The third-order valence-corrected chi connectivity index (χ3v) is 4.04. The molecule has 1 atom stereocenters. The molecule has 102 valence electrons. The Morgan fingerprint density at radius 2 is 2.32 bits per heavy atom. The Labute approximate surface area is 124 Å². The highest BCUT2D eigenvalue weighted by atomic mass is 127. The van der Waals surface area contributed by atoms with Crippen LogP contribution in [0.5, 0.6) is 0 Å². The molecule has 19 heavy (non-hydrogen) atoms. The van der Waals surface area contributed by atoms with E-state index in [2.05, 4.69) is 22.6 Å². The summed E-state index contributed by atoms with van der Waals surface area (Å²) in [6.07, 6.45) is 1.66. The summed E-state index contributed by atoms with van der Waals surface area (Å²) < 4.78 is 5.56. The van der Waals surface area contributed by atoms with E-state index in [1.807, 2.05) is 4.90 Å². The minimum Gasteiger partial charge on any atom is -0.467 e. The molecule has 1 aromatic carbocycles. The first-order valence-electron chi connectivity index (χ1n) is 5.83. The quantitative estimate of drug-likeness (QED) is 0.351. The number of hydrogen-bond donors (Lipinski definition) is 0. The molecule has 0 amide bonds. The maximum absolute atomic E-state index is 11.7. The zero-order valence-electron chi connectivity index (χ0n) is 10.3. The monoisotopic (exact) mass is 376 g/mol. The maximum Gasteiger partial charge on any atom is 0.328 e. The number of rotatable bonds is 3. The molecular weight excluding hydrogens is 363 g/mol. The highest BCUT2D eigenvalue weighted by Crippen LogP contribution is 2.32. The number of methoxy groups -OCH3 is 1. The Morgan fingerprint density at radius 1 is 1.58 bits per heavy atom. The minimum atomic E-state index is -0.423. The van der Waals surface area contributed by atoms with Crippen LogP contribution in [0.1, 0.15) is 12.8 Å². The summed E-state index contributed by atoms with van der Waals surface area (Å²) >= 11 is 2.06.